The number of hydrogen-bond acceptors (Lipinski definition) is 4. The zero-order chi connectivity index (χ0) is 21.4. The molecule has 0 atom stereocenters. The summed E-state index contributed by atoms with van der Waals surface area (Å²) in [6, 6.07) is 9.11. The molecule has 2 aromatic carbocycles. The summed E-state index contributed by atoms with van der Waals surface area (Å²) >= 11 is 11.7. The lowest BCUT2D eigenvalue weighted by molar-refractivity contribution is 0.153. The summed E-state index contributed by atoms with van der Waals surface area (Å²) in [5, 5.41) is 14.6. The van der Waals surface area contributed by atoms with Crippen LogP contribution in [0.5, 0.6) is 5.75 Å². The number of carbonyl (C=O) groups excluding carboxylic acids is 2. The third kappa shape index (κ3) is 6.70. The van der Waals surface area contributed by atoms with Crippen molar-refractivity contribution in [3.05, 3.63) is 64.1 Å². The Kier molecular flexibility index (Phi) is 7.88. The van der Waals surface area contributed by atoms with Gasteiger partial charge >= 0.3 is 18.2 Å². The minimum Gasteiger partial charge on any atom is -0.496 e. The molecular weight excluding hydrogens is 421 g/mol. The van der Waals surface area contributed by atoms with Gasteiger partial charge in [-0.05, 0) is 42.5 Å². The van der Waals surface area contributed by atoms with Crippen molar-refractivity contribution in [1.82, 2.24) is 10.2 Å². The van der Waals surface area contributed by atoms with Crippen LogP contribution in [0.15, 0.2) is 48.5 Å². The van der Waals surface area contributed by atoms with Gasteiger partial charge in [-0.2, -0.15) is 0 Å². The molecule has 0 aromatic heterocycles. The Hall–Kier alpha value is -3.23. The van der Waals surface area contributed by atoms with Gasteiger partial charge < -0.3 is 15.2 Å². The first-order chi connectivity index (χ1) is 13.8. The topological polar surface area (TPSA) is 108 Å². The van der Waals surface area contributed by atoms with Crippen LogP contribution in [0.1, 0.15) is 5.56 Å². The molecule has 8 nitrogen and oxygen atoms in total. The van der Waals surface area contributed by atoms with Gasteiger partial charge in [0.2, 0.25) is 0 Å². The van der Waals surface area contributed by atoms with Crippen LogP contribution in [0.2, 0.25) is 10.0 Å². The molecule has 0 fully saturated rings. The van der Waals surface area contributed by atoms with E-state index in [0.717, 1.165) is 0 Å². The van der Waals surface area contributed by atoms with Gasteiger partial charge in [0.25, 0.3) is 0 Å². The Balaban J connectivity index is 2.00. The Morgan fingerprint density at radius 2 is 1.76 bits per heavy atom. The van der Waals surface area contributed by atoms with Gasteiger partial charge in [0.15, 0.2) is 0 Å². The number of imide groups is 2. The third-order valence-electron chi connectivity index (χ3n) is 3.58. The van der Waals surface area contributed by atoms with Crippen LogP contribution < -0.4 is 15.4 Å². The van der Waals surface area contributed by atoms with E-state index in [0.29, 0.717) is 31.9 Å². The minimum atomic E-state index is -1.52. The SMILES string of the molecule is COc1ccc(Cl)cc1C=CCN(C(=O)O)C(=O)NC(=O)Nc1ccc(Cl)cc1. The van der Waals surface area contributed by atoms with E-state index in [9.17, 15) is 19.5 Å². The highest BCUT2D eigenvalue weighted by molar-refractivity contribution is 6.31. The number of methoxy groups -OCH3 is 1. The quantitative estimate of drug-likeness (QED) is 0.613. The van der Waals surface area contributed by atoms with Crippen LogP contribution in [-0.4, -0.2) is 41.8 Å². The highest BCUT2D eigenvalue weighted by atomic mass is 35.5. The maximum absolute atomic E-state index is 12.1. The third-order valence-corrected chi connectivity index (χ3v) is 4.06. The summed E-state index contributed by atoms with van der Waals surface area (Å²) in [6.45, 7) is -0.301. The van der Waals surface area contributed by atoms with Gasteiger partial charge in [0.1, 0.15) is 5.75 Å². The fourth-order valence-electron chi connectivity index (χ4n) is 2.23. The number of urea groups is 2. The molecule has 152 valence electrons. The van der Waals surface area contributed by atoms with Crippen molar-refractivity contribution in [1.29, 1.82) is 0 Å². The lowest BCUT2D eigenvalue weighted by atomic mass is 10.2. The van der Waals surface area contributed by atoms with Gasteiger partial charge in [-0.15, -0.1) is 0 Å². The number of carbonyl (C=O) groups is 3. The van der Waals surface area contributed by atoms with Crippen molar-refractivity contribution in [3.63, 3.8) is 0 Å². The molecule has 0 unspecified atom stereocenters. The van der Waals surface area contributed by atoms with Gasteiger partial charge in [0, 0.05) is 21.3 Å². The first kappa shape index (κ1) is 22.1. The van der Waals surface area contributed by atoms with E-state index in [1.165, 1.54) is 25.3 Å². The van der Waals surface area contributed by atoms with E-state index >= 15 is 0 Å². The maximum atomic E-state index is 12.1. The molecule has 0 radical (unpaired) electrons. The zero-order valence-corrected chi connectivity index (χ0v) is 16.7. The van der Waals surface area contributed by atoms with Crippen molar-refractivity contribution < 1.29 is 24.2 Å². The zero-order valence-electron chi connectivity index (χ0n) is 15.2. The first-order valence-corrected chi connectivity index (χ1v) is 8.94. The van der Waals surface area contributed by atoms with Crippen molar-refractivity contribution in [2.75, 3.05) is 19.0 Å². The van der Waals surface area contributed by atoms with Crippen molar-refractivity contribution in [2.24, 2.45) is 0 Å². The van der Waals surface area contributed by atoms with Crippen LogP contribution in [0.3, 0.4) is 0 Å². The number of halogens is 2. The van der Waals surface area contributed by atoms with Gasteiger partial charge in [0.05, 0.1) is 13.7 Å². The summed E-state index contributed by atoms with van der Waals surface area (Å²) in [6.07, 6.45) is 1.46. The normalized spacial score (nSPS) is 10.4. The molecule has 29 heavy (non-hydrogen) atoms. The molecule has 0 saturated carbocycles. The Morgan fingerprint density at radius 1 is 1.10 bits per heavy atom. The van der Waals surface area contributed by atoms with Gasteiger partial charge in [-0.3, -0.25) is 5.32 Å². The number of rotatable bonds is 5. The molecule has 2 rings (SSSR count). The van der Waals surface area contributed by atoms with Crippen LogP contribution >= 0.6 is 23.2 Å². The lowest BCUT2D eigenvalue weighted by Gasteiger charge is -2.16. The fourth-order valence-corrected chi connectivity index (χ4v) is 2.54. The average Bonchev–Trinajstić information content (AvgIpc) is 2.66. The van der Waals surface area contributed by atoms with Gasteiger partial charge in [-0.1, -0.05) is 35.4 Å². The van der Waals surface area contributed by atoms with E-state index in [2.05, 4.69) is 5.32 Å². The average molecular weight is 438 g/mol. The summed E-state index contributed by atoms with van der Waals surface area (Å²) in [4.78, 5) is 35.9. The summed E-state index contributed by atoms with van der Waals surface area (Å²) in [5.41, 5.74) is 0.987. The minimum absolute atomic E-state index is 0.301. The summed E-state index contributed by atoms with van der Waals surface area (Å²) in [7, 11) is 1.48. The monoisotopic (exact) mass is 437 g/mol. The van der Waals surface area contributed by atoms with Crippen LogP contribution in [0.25, 0.3) is 6.08 Å². The Labute approximate surface area is 176 Å². The second-order valence-electron chi connectivity index (χ2n) is 5.57. The number of nitrogens with zero attached hydrogens (tertiary/aromatic N) is 1. The molecule has 0 bridgehead atoms. The molecule has 10 heteroatoms. The van der Waals surface area contributed by atoms with Crippen molar-refractivity contribution in [3.8, 4) is 5.75 Å². The largest absolute Gasteiger partial charge is 0.496 e. The number of benzene rings is 2. The predicted molar refractivity (Wildman–Crippen MR) is 111 cm³/mol. The van der Waals surface area contributed by atoms with Crippen LogP contribution in [0.4, 0.5) is 20.1 Å². The summed E-state index contributed by atoms with van der Waals surface area (Å²) in [5.74, 6) is 0.527. The predicted octanol–water partition coefficient (Wildman–Crippen LogP) is 4.94. The second-order valence-corrected chi connectivity index (χ2v) is 6.45. The second kappa shape index (κ2) is 10.4. The molecule has 0 spiro atoms. The van der Waals surface area contributed by atoms with Gasteiger partial charge in [-0.25, -0.2) is 19.3 Å². The molecule has 0 aliphatic carbocycles. The number of ether oxygens (including phenoxy) is 1. The van der Waals surface area contributed by atoms with Crippen molar-refractivity contribution >= 4 is 53.1 Å². The highest BCUT2D eigenvalue weighted by Gasteiger charge is 2.21. The number of hydrogen-bond donors (Lipinski definition) is 3. The summed E-state index contributed by atoms with van der Waals surface area (Å²) < 4.78 is 5.19. The molecule has 0 saturated heterocycles. The molecule has 3 N–H and O–H groups in total. The van der Waals surface area contributed by atoms with Crippen LogP contribution in [-0.2, 0) is 0 Å². The van der Waals surface area contributed by atoms with E-state index in [1.807, 2.05) is 5.32 Å². The molecule has 2 aromatic rings. The number of anilines is 1. The number of amides is 5. The number of nitrogens with one attached hydrogen (secondary N) is 2. The standard InChI is InChI=1S/C19H17Cl2N3O5/c1-29-16-9-6-14(21)11-12(16)3-2-10-24(19(27)28)18(26)23-17(25)22-15-7-4-13(20)5-8-15/h2-9,11H,10H2,1H3,(H,27,28)(H2,22,23,25,26). The van der Waals surface area contributed by atoms with E-state index in [-0.39, 0.29) is 6.54 Å². The molecule has 5 amide bonds. The van der Waals surface area contributed by atoms with Crippen LogP contribution in [0, 0.1) is 0 Å². The van der Waals surface area contributed by atoms with E-state index in [1.54, 1.807) is 36.4 Å². The highest BCUT2D eigenvalue weighted by Crippen LogP contribution is 2.23. The molecule has 0 aliphatic heterocycles. The molecule has 0 aliphatic rings. The molecular formula is C19H17Cl2N3O5. The molecule has 0 heterocycles. The number of carboxylic acid groups (broad SMARTS) is 1. The smallest absolute Gasteiger partial charge is 0.415 e. The lowest BCUT2D eigenvalue weighted by Crippen LogP contribution is -2.46. The van der Waals surface area contributed by atoms with E-state index in [4.69, 9.17) is 27.9 Å². The fraction of sp³-hybridized carbons (Fsp3) is 0.105. The maximum Gasteiger partial charge on any atom is 0.415 e. The van der Waals surface area contributed by atoms with Crippen molar-refractivity contribution in [2.45, 2.75) is 0 Å². The Bertz CT molecular complexity index is 932. The first-order valence-electron chi connectivity index (χ1n) is 8.18. The Morgan fingerprint density at radius 3 is 2.38 bits per heavy atom. The van der Waals surface area contributed by atoms with E-state index < -0.39 is 18.2 Å².